The van der Waals surface area contributed by atoms with E-state index in [1.807, 2.05) is 0 Å². The van der Waals surface area contributed by atoms with Gasteiger partial charge < -0.3 is 16.8 Å². The second kappa shape index (κ2) is 5.16. The van der Waals surface area contributed by atoms with Crippen molar-refractivity contribution < 1.29 is 9.18 Å². The van der Waals surface area contributed by atoms with Gasteiger partial charge in [0.2, 0.25) is 0 Å². The highest BCUT2D eigenvalue weighted by molar-refractivity contribution is 6.31. The average molecular weight is 280 g/mol. The zero-order chi connectivity index (χ0) is 14.0. The van der Waals surface area contributed by atoms with Gasteiger partial charge in [0.05, 0.1) is 10.6 Å². The molecule has 0 fully saturated rings. The monoisotopic (exact) mass is 279 g/mol. The molecule has 0 atom stereocenters. The molecular weight excluding hydrogens is 269 g/mol. The van der Waals surface area contributed by atoms with E-state index in [1.54, 1.807) is 12.1 Å². The van der Waals surface area contributed by atoms with Crippen LogP contribution in [0.4, 0.5) is 21.5 Å². The molecule has 2 aromatic rings. The van der Waals surface area contributed by atoms with Crippen LogP contribution in [0.25, 0.3) is 0 Å². The van der Waals surface area contributed by atoms with Crippen LogP contribution in [0.5, 0.6) is 0 Å². The fourth-order valence-corrected chi connectivity index (χ4v) is 1.77. The first-order valence-electron chi connectivity index (χ1n) is 5.39. The lowest BCUT2D eigenvalue weighted by Gasteiger charge is -2.09. The van der Waals surface area contributed by atoms with Gasteiger partial charge in [0, 0.05) is 17.1 Å². The van der Waals surface area contributed by atoms with Crippen molar-refractivity contribution in [3.05, 3.63) is 52.8 Å². The lowest BCUT2D eigenvalue weighted by atomic mass is 10.1. The van der Waals surface area contributed by atoms with Gasteiger partial charge in [-0.05, 0) is 36.4 Å². The molecule has 0 aliphatic carbocycles. The summed E-state index contributed by atoms with van der Waals surface area (Å²) in [5.41, 5.74) is 12.5. The molecule has 2 aromatic carbocycles. The maximum Gasteiger partial charge on any atom is 0.250 e. The summed E-state index contributed by atoms with van der Waals surface area (Å²) in [7, 11) is 0. The molecule has 0 spiro atoms. The Hall–Kier alpha value is -2.27. The van der Waals surface area contributed by atoms with E-state index < -0.39 is 11.7 Å². The van der Waals surface area contributed by atoms with Crippen molar-refractivity contribution in [2.75, 3.05) is 11.1 Å². The zero-order valence-corrected chi connectivity index (χ0v) is 10.5. The maximum absolute atomic E-state index is 13.0. The molecule has 19 heavy (non-hydrogen) atoms. The van der Waals surface area contributed by atoms with Gasteiger partial charge >= 0.3 is 0 Å². The number of primary amides is 1. The summed E-state index contributed by atoms with van der Waals surface area (Å²) >= 11 is 5.68. The Kier molecular flexibility index (Phi) is 3.57. The molecule has 0 bridgehead atoms. The standard InChI is InChI=1S/C13H11ClFN3O/c14-10-6-8(1-3-11(10)15)18-7-2-4-12(16)9(5-7)13(17)19/h1-6,18H,16H2,(H2,17,19). The zero-order valence-electron chi connectivity index (χ0n) is 9.78. The summed E-state index contributed by atoms with van der Waals surface area (Å²) in [6.07, 6.45) is 0. The smallest absolute Gasteiger partial charge is 0.250 e. The van der Waals surface area contributed by atoms with Gasteiger partial charge in [-0.25, -0.2) is 4.39 Å². The highest BCUT2D eigenvalue weighted by atomic mass is 35.5. The number of carbonyl (C=O) groups is 1. The molecule has 6 heteroatoms. The minimum atomic E-state index is -0.613. The predicted molar refractivity (Wildman–Crippen MR) is 74.1 cm³/mol. The minimum Gasteiger partial charge on any atom is -0.398 e. The summed E-state index contributed by atoms with van der Waals surface area (Å²) in [6, 6.07) is 8.98. The highest BCUT2D eigenvalue weighted by Crippen LogP contribution is 2.24. The van der Waals surface area contributed by atoms with Gasteiger partial charge in [-0.3, -0.25) is 4.79 Å². The Morgan fingerprint density at radius 1 is 1.16 bits per heavy atom. The first-order valence-corrected chi connectivity index (χ1v) is 5.76. The third-order valence-corrected chi connectivity index (χ3v) is 2.82. The second-order valence-electron chi connectivity index (χ2n) is 3.92. The topological polar surface area (TPSA) is 81.1 Å². The van der Waals surface area contributed by atoms with Crippen molar-refractivity contribution in [2.45, 2.75) is 0 Å². The van der Waals surface area contributed by atoms with Crippen LogP contribution < -0.4 is 16.8 Å². The summed E-state index contributed by atoms with van der Waals surface area (Å²) in [4.78, 5) is 11.2. The number of benzene rings is 2. The molecule has 0 aliphatic heterocycles. The number of nitrogen functional groups attached to an aromatic ring is 1. The van der Waals surface area contributed by atoms with E-state index in [9.17, 15) is 9.18 Å². The minimum absolute atomic E-state index is 0.00979. The van der Waals surface area contributed by atoms with Crippen LogP contribution in [0.1, 0.15) is 10.4 Å². The molecule has 0 heterocycles. The average Bonchev–Trinajstić information content (AvgIpc) is 2.36. The van der Waals surface area contributed by atoms with Gasteiger partial charge in [0.25, 0.3) is 5.91 Å². The van der Waals surface area contributed by atoms with Gasteiger partial charge in [-0.15, -0.1) is 0 Å². The molecule has 0 unspecified atom stereocenters. The van der Waals surface area contributed by atoms with Crippen molar-refractivity contribution in [2.24, 2.45) is 5.73 Å². The number of hydrogen-bond acceptors (Lipinski definition) is 3. The number of amides is 1. The molecule has 0 saturated heterocycles. The third kappa shape index (κ3) is 2.95. The van der Waals surface area contributed by atoms with Crippen LogP contribution in [-0.2, 0) is 0 Å². The summed E-state index contributed by atoms with van der Waals surface area (Å²) < 4.78 is 13.0. The van der Waals surface area contributed by atoms with E-state index in [-0.39, 0.29) is 10.6 Å². The lowest BCUT2D eigenvalue weighted by molar-refractivity contribution is 0.100. The molecule has 0 aromatic heterocycles. The van der Waals surface area contributed by atoms with E-state index in [2.05, 4.69) is 5.32 Å². The van der Waals surface area contributed by atoms with Crippen LogP contribution in [0.15, 0.2) is 36.4 Å². The number of hydrogen-bond donors (Lipinski definition) is 3. The number of carbonyl (C=O) groups excluding carboxylic acids is 1. The van der Waals surface area contributed by atoms with Crippen LogP contribution in [0.2, 0.25) is 5.02 Å². The Balaban J connectivity index is 2.30. The molecule has 98 valence electrons. The quantitative estimate of drug-likeness (QED) is 0.756. The molecule has 0 saturated carbocycles. The van der Waals surface area contributed by atoms with Crippen molar-refractivity contribution in [1.82, 2.24) is 0 Å². The number of halogens is 2. The van der Waals surface area contributed by atoms with E-state index in [0.29, 0.717) is 17.1 Å². The van der Waals surface area contributed by atoms with E-state index in [0.717, 1.165) is 0 Å². The number of rotatable bonds is 3. The van der Waals surface area contributed by atoms with Crippen LogP contribution in [0.3, 0.4) is 0 Å². The van der Waals surface area contributed by atoms with Gasteiger partial charge in [0.1, 0.15) is 5.82 Å². The highest BCUT2D eigenvalue weighted by Gasteiger charge is 2.07. The van der Waals surface area contributed by atoms with E-state index in [1.165, 1.54) is 24.3 Å². The molecule has 2 rings (SSSR count). The first-order chi connectivity index (χ1) is 8.97. The van der Waals surface area contributed by atoms with E-state index in [4.69, 9.17) is 23.1 Å². The Morgan fingerprint density at radius 3 is 2.42 bits per heavy atom. The number of nitrogens with two attached hydrogens (primary N) is 2. The Morgan fingerprint density at radius 2 is 1.79 bits per heavy atom. The summed E-state index contributed by atoms with van der Waals surface area (Å²) in [6.45, 7) is 0. The number of anilines is 3. The van der Waals surface area contributed by atoms with Crippen molar-refractivity contribution in [1.29, 1.82) is 0 Å². The van der Waals surface area contributed by atoms with Crippen molar-refractivity contribution in [3.8, 4) is 0 Å². The van der Waals surface area contributed by atoms with Crippen molar-refractivity contribution in [3.63, 3.8) is 0 Å². The fraction of sp³-hybridized carbons (Fsp3) is 0. The van der Waals surface area contributed by atoms with Crippen LogP contribution in [0, 0.1) is 5.82 Å². The van der Waals surface area contributed by atoms with Crippen LogP contribution in [-0.4, -0.2) is 5.91 Å². The largest absolute Gasteiger partial charge is 0.398 e. The normalized spacial score (nSPS) is 10.2. The lowest BCUT2D eigenvalue weighted by Crippen LogP contribution is -2.13. The molecule has 0 radical (unpaired) electrons. The Bertz CT molecular complexity index is 646. The maximum atomic E-state index is 13.0. The third-order valence-electron chi connectivity index (χ3n) is 2.53. The SMILES string of the molecule is NC(=O)c1cc(Nc2ccc(F)c(Cl)c2)ccc1N. The molecule has 1 amide bonds. The molecular formula is C13H11ClFN3O. The van der Waals surface area contributed by atoms with Gasteiger partial charge in [-0.1, -0.05) is 11.6 Å². The summed E-state index contributed by atoms with van der Waals surface area (Å²) in [5.74, 6) is -1.11. The van der Waals surface area contributed by atoms with Gasteiger partial charge in [0.15, 0.2) is 0 Å². The van der Waals surface area contributed by atoms with Crippen LogP contribution >= 0.6 is 11.6 Å². The van der Waals surface area contributed by atoms with Crippen molar-refractivity contribution >= 4 is 34.6 Å². The molecule has 4 nitrogen and oxygen atoms in total. The predicted octanol–water partition coefficient (Wildman–Crippen LogP) is 2.90. The second-order valence-corrected chi connectivity index (χ2v) is 4.33. The van der Waals surface area contributed by atoms with Gasteiger partial charge in [-0.2, -0.15) is 0 Å². The first kappa shape index (κ1) is 13.2. The fourth-order valence-electron chi connectivity index (χ4n) is 1.59. The summed E-state index contributed by atoms with van der Waals surface area (Å²) in [5, 5.41) is 2.99. The van der Waals surface area contributed by atoms with E-state index >= 15 is 0 Å². The molecule has 5 N–H and O–H groups in total. The molecule has 0 aliphatic rings. The number of nitrogens with one attached hydrogen (secondary N) is 1. The Labute approximate surface area is 114 Å².